The average molecular weight is 295 g/mol. The molecule has 6 heteroatoms. The molecule has 20 heavy (non-hydrogen) atoms. The van der Waals surface area contributed by atoms with E-state index in [-0.39, 0.29) is 5.82 Å². The highest BCUT2D eigenvalue weighted by Crippen LogP contribution is 2.45. The maximum absolute atomic E-state index is 12.8. The van der Waals surface area contributed by atoms with E-state index in [4.69, 9.17) is 9.26 Å². The summed E-state index contributed by atoms with van der Waals surface area (Å²) in [5.41, 5.74) is 0.520. The second kappa shape index (κ2) is 5.97. The van der Waals surface area contributed by atoms with Gasteiger partial charge in [0.15, 0.2) is 11.5 Å². The zero-order chi connectivity index (χ0) is 14.6. The van der Waals surface area contributed by atoms with Crippen LogP contribution < -0.4 is 14.3 Å². The van der Waals surface area contributed by atoms with Gasteiger partial charge in [0, 0.05) is 12.4 Å². The topological polar surface area (TPSA) is 47.6 Å². The molecule has 0 bridgehead atoms. The maximum atomic E-state index is 12.8. The molecule has 0 saturated carbocycles. The van der Waals surface area contributed by atoms with E-state index < -0.39 is 7.52 Å². The van der Waals surface area contributed by atoms with Crippen molar-refractivity contribution in [1.82, 2.24) is 0 Å². The number of benzene rings is 2. The fraction of sp³-hybridized carbons (Fsp3) is 0.143. The number of anilines is 1. The van der Waals surface area contributed by atoms with Crippen LogP contribution in [0.15, 0.2) is 48.5 Å². The van der Waals surface area contributed by atoms with Crippen LogP contribution in [-0.2, 0) is 4.57 Å². The lowest BCUT2D eigenvalue weighted by Gasteiger charge is -2.18. The van der Waals surface area contributed by atoms with Crippen LogP contribution in [0.4, 0.5) is 10.1 Å². The van der Waals surface area contributed by atoms with Gasteiger partial charge in [0.1, 0.15) is 5.82 Å². The van der Waals surface area contributed by atoms with Gasteiger partial charge in [0.2, 0.25) is 0 Å². The molecule has 0 spiro atoms. The molecule has 0 fully saturated rings. The van der Waals surface area contributed by atoms with Gasteiger partial charge in [0.25, 0.3) is 0 Å². The van der Waals surface area contributed by atoms with E-state index in [9.17, 15) is 8.96 Å². The summed E-state index contributed by atoms with van der Waals surface area (Å²) < 4.78 is 35.9. The zero-order valence-electron chi connectivity index (χ0n) is 11.2. The highest BCUT2D eigenvalue weighted by molar-refractivity contribution is 7.60. The molecule has 2 aromatic rings. The first-order valence-corrected chi connectivity index (χ1v) is 8.01. The minimum absolute atomic E-state index is 0.355. The molecule has 2 aromatic carbocycles. The fourth-order valence-electron chi connectivity index (χ4n) is 1.66. The summed E-state index contributed by atoms with van der Waals surface area (Å²) in [4.78, 5) is 0. The van der Waals surface area contributed by atoms with E-state index in [1.807, 2.05) is 0 Å². The minimum Gasteiger partial charge on any atom is -0.493 e. The molecule has 1 N–H and O–H groups in total. The molecule has 0 aliphatic carbocycles. The number of hydrogen-bond acceptors (Lipinski definition) is 3. The Morgan fingerprint density at radius 2 is 1.65 bits per heavy atom. The Morgan fingerprint density at radius 1 is 1.05 bits per heavy atom. The molecular formula is C14H15FNO3P. The molecule has 1 unspecified atom stereocenters. The highest BCUT2D eigenvalue weighted by atomic mass is 31.2. The number of hydrogen-bond donors (Lipinski definition) is 1. The normalized spacial score (nSPS) is 13.3. The summed E-state index contributed by atoms with van der Waals surface area (Å²) in [6.45, 7) is 1.45. The molecular weight excluding hydrogens is 280 g/mol. The third-order valence-electron chi connectivity index (χ3n) is 2.52. The number of ether oxygens (including phenoxy) is 1. The first kappa shape index (κ1) is 14.4. The summed E-state index contributed by atoms with van der Waals surface area (Å²) in [5, 5.41) is 2.76. The van der Waals surface area contributed by atoms with Gasteiger partial charge in [-0.05, 0) is 36.4 Å². The van der Waals surface area contributed by atoms with Crippen LogP contribution in [0.5, 0.6) is 11.5 Å². The van der Waals surface area contributed by atoms with E-state index in [0.29, 0.717) is 17.2 Å². The fourth-order valence-corrected chi connectivity index (χ4v) is 2.85. The van der Waals surface area contributed by atoms with Crippen molar-refractivity contribution in [2.75, 3.05) is 18.9 Å². The molecule has 0 heterocycles. The second-order valence-electron chi connectivity index (χ2n) is 4.21. The summed E-state index contributed by atoms with van der Waals surface area (Å²) in [5.74, 6) is 0.526. The lowest BCUT2D eigenvalue weighted by Crippen LogP contribution is -2.03. The molecule has 1 atom stereocenters. The Labute approximate surface area is 117 Å². The van der Waals surface area contributed by atoms with Crippen molar-refractivity contribution in [1.29, 1.82) is 0 Å². The Bertz CT molecular complexity index is 631. The molecule has 106 valence electrons. The number of nitrogens with one attached hydrogen (secondary N) is 1. The quantitative estimate of drug-likeness (QED) is 0.842. The predicted octanol–water partition coefficient (Wildman–Crippen LogP) is 4.15. The van der Waals surface area contributed by atoms with E-state index >= 15 is 0 Å². The van der Waals surface area contributed by atoms with Crippen LogP contribution in [0.3, 0.4) is 0 Å². The SMILES string of the molecule is COc1ccccc1OP(C)(=O)Nc1ccc(F)cc1. The number of para-hydroxylation sites is 2. The molecule has 0 aromatic heterocycles. The van der Waals surface area contributed by atoms with Crippen LogP contribution in [-0.4, -0.2) is 13.8 Å². The van der Waals surface area contributed by atoms with Gasteiger partial charge in [-0.2, -0.15) is 0 Å². The lowest BCUT2D eigenvalue weighted by atomic mass is 10.3. The van der Waals surface area contributed by atoms with Gasteiger partial charge in [-0.15, -0.1) is 0 Å². The first-order valence-electron chi connectivity index (χ1n) is 5.94. The Kier molecular flexibility index (Phi) is 4.30. The van der Waals surface area contributed by atoms with Crippen molar-refractivity contribution in [2.45, 2.75) is 0 Å². The van der Waals surface area contributed by atoms with Gasteiger partial charge < -0.3 is 14.3 Å². The van der Waals surface area contributed by atoms with Crippen molar-refractivity contribution < 1.29 is 18.2 Å². The minimum atomic E-state index is -3.14. The molecule has 0 amide bonds. The van der Waals surface area contributed by atoms with Crippen LogP contribution >= 0.6 is 7.52 Å². The smallest absolute Gasteiger partial charge is 0.338 e. The van der Waals surface area contributed by atoms with Crippen molar-refractivity contribution >= 4 is 13.2 Å². The monoisotopic (exact) mass is 295 g/mol. The third-order valence-corrected chi connectivity index (χ3v) is 3.73. The standard InChI is InChI=1S/C14H15FNO3P/c1-18-13-5-3-4-6-14(13)19-20(2,17)16-12-9-7-11(15)8-10-12/h3-10H,1-2H3,(H,16,17). The third kappa shape index (κ3) is 3.75. The number of rotatable bonds is 5. The Morgan fingerprint density at radius 3 is 2.25 bits per heavy atom. The van der Waals surface area contributed by atoms with Crippen molar-refractivity contribution in [2.24, 2.45) is 0 Å². The van der Waals surface area contributed by atoms with E-state index in [1.54, 1.807) is 24.3 Å². The molecule has 0 aliphatic rings. The molecule has 0 aliphatic heterocycles. The largest absolute Gasteiger partial charge is 0.493 e. The number of halogens is 1. The highest BCUT2D eigenvalue weighted by Gasteiger charge is 2.19. The van der Waals surface area contributed by atoms with Gasteiger partial charge in [-0.25, -0.2) is 4.39 Å². The van der Waals surface area contributed by atoms with Gasteiger partial charge >= 0.3 is 7.52 Å². The Balaban J connectivity index is 2.14. The molecule has 4 nitrogen and oxygen atoms in total. The van der Waals surface area contributed by atoms with Gasteiger partial charge in [-0.3, -0.25) is 4.57 Å². The molecule has 0 radical (unpaired) electrons. The summed E-state index contributed by atoms with van der Waals surface area (Å²) in [7, 11) is -1.63. The van der Waals surface area contributed by atoms with Crippen LogP contribution in [0.25, 0.3) is 0 Å². The van der Waals surface area contributed by atoms with Crippen LogP contribution in [0.1, 0.15) is 0 Å². The molecule has 2 rings (SSSR count). The van der Waals surface area contributed by atoms with Crippen molar-refractivity contribution in [3.63, 3.8) is 0 Å². The first-order chi connectivity index (χ1) is 9.50. The lowest BCUT2D eigenvalue weighted by molar-refractivity contribution is 0.391. The van der Waals surface area contributed by atoms with E-state index in [0.717, 1.165) is 0 Å². The average Bonchev–Trinajstić information content (AvgIpc) is 2.41. The zero-order valence-corrected chi connectivity index (χ0v) is 12.1. The summed E-state index contributed by atoms with van der Waals surface area (Å²) in [6.07, 6.45) is 0. The van der Waals surface area contributed by atoms with Crippen LogP contribution in [0, 0.1) is 5.82 Å². The van der Waals surface area contributed by atoms with Crippen LogP contribution in [0.2, 0.25) is 0 Å². The second-order valence-corrected chi connectivity index (χ2v) is 6.30. The van der Waals surface area contributed by atoms with Gasteiger partial charge in [0.05, 0.1) is 7.11 Å². The Hall–Kier alpha value is -2.00. The van der Waals surface area contributed by atoms with E-state index in [2.05, 4.69) is 5.09 Å². The van der Waals surface area contributed by atoms with Crippen molar-refractivity contribution in [3.05, 3.63) is 54.3 Å². The van der Waals surface area contributed by atoms with Crippen molar-refractivity contribution in [3.8, 4) is 11.5 Å². The van der Waals surface area contributed by atoms with Gasteiger partial charge in [-0.1, -0.05) is 12.1 Å². The predicted molar refractivity (Wildman–Crippen MR) is 77.2 cm³/mol. The summed E-state index contributed by atoms with van der Waals surface area (Å²) in [6, 6.07) is 12.5. The summed E-state index contributed by atoms with van der Waals surface area (Å²) >= 11 is 0. The molecule has 0 saturated heterocycles. The van der Waals surface area contributed by atoms with E-state index in [1.165, 1.54) is 38.0 Å². The number of methoxy groups -OCH3 is 1. The maximum Gasteiger partial charge on any atom is 0.338 e.